The van der Waals surface area contributed by atoms with Gasteiger partial charge in [-0.25, -0.2) is 0 Å². The Morgan fingerprint density at radius 2 is 1.94 bits per heavy atom. The molecule has 0 bridgehead atoms. The SMILES string of the molecule is O=C(CCNC1CC1)NC1(CO)CCCCC1. The van der Waals surface area contributed by atoms with Gasteiger partial charge in [-0.1, -0.05) is 19.3 Å². The molecule has 1 amide bonds. The van der Waals surface area contributed by atoms with Crippen molar-refractivity contribution in [1.29, 1.82) is 0 Å². The fourth-order valence-electron chi connectivity index (χ4n) is 2.59. The Hall–Kier alpha value is -0.610. The monoisotopic (exact) mass is 240 g/mol. The summed E-state index contributed by atoms with van der Waals surface area (Å²) in [5.74, 6) is 0.0779. The van der Waals surface area contributed by atoms with Crippen LogP contribution in [0.15, 0.2) is 0 Å². The van der Waals surface area contributed by atoms with E-state index < -0.39 is 0 Å². The fourth-order valence-corrected chi connectivity index (χ4v) is 2.59. The Balaban J connectivity index is 1.70. The number of aliphatic hydroxyl groups is 1. The Bertz CT molecular complexity index is 258. The standard InChI is InChI=1S/C13H24N2O2/c16-10-13(7-2-1-3-8-13)15-12(17)6-9-14-11-4-5-11/h11,14,16H,1-10H2,(H,15,17). The molecule has 0 aromatic carbocycles. The minimum absolute atomic E-state index is 0.0779. The molecule has 2 aliphatic carbocycles. The highest BCUT2D eigenvalue weighted by atomic mass is 16.3. The summed E-state index contributed by atoms with van der Waals surface area (Å²) < 4.78 is 0. The summed E-state index contributed by atoms with van der Waals surface area (Å²) in [4.78, 5) is 11.8. The normalized spacial score (nSPS) is 23.4. The lowest BCUT2D eigenvalue weighted by Crippen LogP contribution is -2.52. The van der Waals surface area contributed by atoms with Gasteiger partial charge in [-0.15, -0.1) is 0 Å². The van der Waals surface area contributed by atoms with E-state index in [1.165, 1.54) is 19.3 Å². The van der Waals surface area contributed by atoms with E-state index in [-0.39, 0.29) is 18.1 Å². The first-order valence-corrected chi connectivity index (χ1v) is 6.89. The number of hydrogen-bond donors (Lipinski definition) is 3. The maximum Gasteiger partial charge on any atom is 0.221 e. The zero-order chi connectivity index (χ0) is 12.1. The van der Waals surface area contributed by atoms with Crippen LogP contribution in [-0.4, -0.2) is 35.7 Å². The van der Waals surface area contributed by atoms with Crippen LogP contribution in [-0.2, 0) is 4.79 Å². The first-order chi connectivity index (χ1) is 8.24. The predicted octanol–water partition coefficient (Wildman–Crippen LogP) is 0.940. The number of hydrogen-bond acceptors (Lipinski definition) is 3. The molecule has 0 radical (unpaired) electrons. The minimum Gasteiger partial charge on any atom is -0.394 e. The van der Waals surface area contributed by atoms with Crippen molar-refractivity contribution in [1.82, 2.24) is 10.6 Å². The van der Waals surface area contributed by atoms with Gasteiger partial charge in [0.2, 0.25) is 5.91 Å². The van der Waals surface area contributed by atoms with Gasteiger partial charge in [0.15, 0.2) is 0 Å². The Kier molecular flexibility index (Phi) is 4.40. The lowest BCUT2D eigenvalue weighted by Gasteiger charge is -2.36. The predicted molar refractivity (Wildman–Crippen MR) is 66.7 cm³/mol. The summed E-state index contributed by atoms with van der Waals surface area (Å²) in [5, 5.41) is 15.9. The van der Waals surface area contributed by atoms with Crippen LogP contribution in [0.25, 0.3) is 0 Å². The molecule has 0 aliphatic heterocycles. The van der Waals surface area contributed by atoms with Crippen molar-refractivity contribution >= 4 is 5.91 Å². The molecule has 0 aromatic heterocycles. The number of carbonyl (C=O) groups excluding carboxylic acids is 1. The Labute approximate surface area is 103 Å². The number of amides is 1. The molecule has 4 heteroatoms. The number of carbonyl (C=O) groups is 1. The zero-order valence-corrected chi connectivity index (χ0v) is 10.5. The molecule has 2 saturated carbocycles. The lowest BCUT2D eigenvalue weighted by atomic mass is 9.82. The molecule has 0 heterocycles. The van der Waals surface area contributed by atoms with Crippen molar-refractivity contribution in [2.45, 2.75) is 62.9 Å². The highest BCUT2D eigenvalue weighted by molar-refractivity contribution is 5.77. The van der Waals surface area contributed by atoms with Gasteiger partial charge in [0.05, 0.1) is 12.1 Å². The van der Waals surface area contributed by atoms with Crippen LogP contribution in [0, 0.1) is 0 Å². The summed E-state index contributed by atoms with van der Waals surface area (Å²) in [6.45, 7) is 0.840. The van der Waals surface area contributed by atoms with E-state index in [0.717, 1.165) is 32.2 Å². The molecular weight excluding hydrogens is 216 g/mol. The van der Waals surface area contributed by atoms with Crippen molar-refractivity contribution < 1.29 is 9.90 Å². The molecule has 0 aromatic rings. The maximum absolute atomic E-state index is 11.8. The van der Waals surface area contributed by atoms with Crippen LogP contribution in [0.3, 0.4) is 0 Å². The third-order valence-electron chi connectivity index (χ3n) is 3.88. The van der Waals surface area contributed by atoms with E-state index in [1.54, 1.807) is 0 Å². The highest BCUT2D eigenvalue weighted by Crippen LogP contribution is 2.27. The first kappa shape index (κ1) is 12.8. The third-order valence-corrected chi connectivity index (χ3v) is 3.88. The summed E-state index contributed by atoms with van der Waals surface area (Å²) in [7, 11) is 0. The van der Waals surface area contributed by atoms with E-state index in [0.29, 0.717) is 12.5 Å². The summed E-state index contributed by atoms with van der Waals surface area (Å²) in [5.41, 5.74) is -0.324. The van der Waals surface area contributed by atoms with Crippen LogP contribution < -0.4 is 10.6 Å². The van der Waals surface area contributed by atoms with E-state index >= 15 is 0 Å². The van der Waals surface area contributed by atoms with E-state index in [2.05, 4.69) is 10.6 Å². The molecule has 0 saturated heterocycles. The molecule has 3 N–H and O–H groups in total. The molecule has 98 valence electrons. The molecule has 17 heavy (non-hydrogen) atoms. The molecule has 2 aliphatic rings. The topological polar surface area (TPSA) is 61.4 Å². The lowest BCUT2D eigenvalue weighted by molar-refractivity contribution is -0.124. The molecule has 2 fully saturated rings. The first-order valence-electron chi connectivity index (χ1n) is 6.89. The molecule has 2 rings (SSSR count). The largest absolute Gasteiger partial charge is 0.394 e. The van der Waals surface area contributed by atoms with Gasteiger partial charge in [0, 0.05) is 19.0 Å². The van der Waals surface area contributed by atoms with Crippen LogP contribution in [0.1, 0.15) is 51.4 Å². The average Bonchev–Trinajstić information content (AvgIpc) is 3.14. The van der Waals surface area contributed by atoms with Crippen LogP contribution in [0.4, 0.5) is 0 Å². The quantitative estimate of drug-likeness (QED) is 0.647. The second-order valence-corrected chi connectivity index (χ2v) is 5.53. The van der Waals surface area contributed by atoms with Gasteiger partial charge >= 0.3 is 0 Å². The van der Waals surface area contributed by atoms with Gasteiger partial charge in [-0.3, -0.25) is 4.79 Å². The molecule has 0 atom stereocenters. The zero-order valence-electron chi connectivity index (χ0n) is 10.5. The maximum atomic E-state index is 11.8. The molecule has 0 unspecified atom stereocenters. The second kappa shape index (κ2) is 5.83. The van der Waals surface area contributed by atoms with E-state index in [4.69, 9.17) is 0 Å². The minimum atomic E-state index is -0.324. The van der Waals surface area contributed by atoms with Crippen molar-refractivity contribution in [3.63, 3.8) is 0 Å². The average molecular weight is 240 g/mol. The second-order valence-electron chi connectivity index (χ2n) is 5.53. The number of rotatable bonds is 6. The Morgan fingerprint density at radius 1 is 1.24 bits per heavy atom. The van der Waals surface area contributed by atoms with Crippen molar-refractivity contribution in [3.8, 4) is 0 Å². The van der Waals surface area contributed by atoms with Crippen LogP contribution in [0.2, 0.25) is 0 Å². The van der Waals surface area contributed by atoms with Gasteiger partial charge in [0.25, 0.3) is 0 Å². The number of nitrogens with one attached hydrogen (secondary N) is 2. The molecular formula is C13H24N2O2. The van der Waals surface area contributed by atoms with Crippen molar-refractivity contribution in [3.05, 3.63) is 0 Å². The number of aliphatic hydroxyl groups excluding tert-OH is 1. The summed E-state index contributed by atoms with van der Waals surface area (Å²) >= 11 is 0. The summed E-state index contributed by atoms with van der Waals surface area (Å²) in [6, 6.07) is 0.657. The van der Waals surface area contributed by atoms with Gasteiger partial charge in [0.1, 0.15) is 0 Å². The van der Waals surface area contributed by atoms with E-state index in [9.17, 15) is 9.90 Å². The molecule has 4 nitrogen and oxygen atoms in total. The highest BCUT2D eigenvalue weighted by Gasteiger charge is 2.32. The fraction of sp³-hybridized carbons (Fsp3) is 0.923. The smallest absolute Gasteiger partial charge is 0.221 e. The van der Waals surface area contributed by atoms with Crippen molar-refractivity contribution in [2.75, 3.05) is 13.2 Å². The Morgan fingerprint density at radius 3 is 2.53 bits per heavy atom. The van der Waals surface area contributed by atoms with Gasteiger partial charge < -0.3 is 15.7 Å². The van der Waals surface area contributed by atoms with Gasteiger partial charge in [-0.05, 0) is 25.7 Å². The van der Waals surface area contributed by atoms with Crippen LogP contribution in [0.5, 0.6) is 0 Å². The van der Waals surface area contributed by atoms with Crippen LogP contribution >= 0.6 is 0 Å². The third kappa shape index (κ3) is 3.96. The van der Waals surface area contributed by atoms with Gasteiger partial charge in [-0.2, -0.15) is 0 Å². The molecule has 0 spiro atoms. The van der Waals surface area contributed by atoms with E-state index in [1.807, 2.05) is 0 Å². The van der Waals surface area contributed by atoms with Crippen molar-refractivity contribution in [2.24, 2.45) is 0 Å². The summed E-state index contributed by atoms with van der Waals surface area (Å²) in [6.07, 6.45) is 8.32.